The highest BCUT2D eigenvalue weighted by Gasteiger charge is 2.47. The molecule has 1 aromatic rings. The Morgan fingerprint density at radius 3 is 2.76 bits per heavy atom. The number of rotatable bonds is 2. The number of nitrogen functional groups attached to an aromatic ring is 1. The van der Waals surface area contributed by atoms with Crippen LogP contribution in [0.3, 0.4) is 0 Å². The summed E-state index contributed by atoms with van der Waals surface area (Å²) in [5.41, 5.74) is 11.0. The van der Waals surface area contributed by atoms with Gasteiger partial charge in [-0.1, -0.05) is 17.2 Å². The summed E-state index contributed by atoms with van der Waals surface area (Å²) < 4.78 is 1.38. The molecule has 10 heteroatoms. The lowest BCUT2D eigenvalue weighted by atomic mass is 9.95. The van der Waals surface area contributed by atoms with Crippen molar-refractivity contribution in [3.63, 3.8) is 0 Å². The van der Waals surface area contributed by atoms with E-state index in [-0.39, 0.29) is 28.2 Å². The van der Waals surface area contributed by atoms with Crippen molar-refractivity contribution in [2.45, 2.75) is 37.8 Å². The van der Waals surface area contributed by atoms with Crippen LogP contribution in [0, 0.1) is 5.92 Å². The monoisotopic (exact) mass is 418 g/mol. The molecule has 2 aliphatic heterocycles. The van der Waals surface area contributed by atoms with Gasteiger partial charge in [0.1, 0.15) is 11.4 Å². The highest BCUT2D eigenvalue weighted by atomic mass is 35.5. The van der Waals surface area contributed by atoms with Crippen molar-refractivity contribution in [3.8, 4) is 0 Å². The summed E-state index contributed by atoms with van der Waals surface area (Å²) in [5, 5.41) is 3.07. The Labute approximate surface area is 172 Å². The highest BCUT2D eigenvalue weighted by molar-refractivity contribution is 6.34. The molecule has 0 radical (unpaired) electrons. The molecule has 0 bridgehead atoms. The zero-order valence-electron chi connectivity index (χ0n) is 15.9. The van der Waals surface area contributed by atoms with E-state index in [1.807, 2.05) is 4.90 Å². The summed E-state index contributed by atoms with van der Waals surface area (Å²) in [4.78, 5) is 43.8. The van der Waals surface area contributed by atoms with Gasteiger partial charge in [-0.25, -0.2) is 4.99 Å². The van der Waals surface area contributed by atoms with Crippen molar-refractivity contribution in [2.24, 2.45) is 16.6 Å². The van der Waals surface area contributed by atoms with Crippen molar-refractivity contribution in [2.75, 3.05) is 18.8 Å². The van der Waals surface area contributed by atoms with Crippen LogP contribution in [0.25, 0.3) is 0 Å². The number of nitrogens with two attached hydrogens (primary N) is 2. The van der Waals surface area contributed by atoms with E-state index in [0.717, 1.165) is 18.4 Å². The number of amides is 2. The summed E-state index contributed by atoms with van der Waals surface area (Å²) in [6, 6.07) is 1.31. The maximum absolute atomic E-state index is 12.9. The van der Waals surface area contributed by atoms with Gasteiger partial charge in [0.05, 0.1) is 17.0 Å². The molecule has 1 spiro atoms. The van der Waals surface area contributed by atoms with E-state index in [2.05, 4.69) is 10.3 Å². The number of nitrogens with zero attached hydrogens (tertiary/aromatic N) is 3. The second-order valence-electron chi connectivity index (χ2n) is 7.77. The minimum absolute atomic E-state index is 0.00135. The molecule has 1 saturated carbocycles. The lowest BCUT2D eigenvalue weighted by molar-refractivity contribution is -0.137. The molecule has 5 N–H and O–H groups in total. The fraction of sp³-hybridized carbons (Fsp3) is 0.474. The van der Waals surface area contributed by atoms with Crippen LogP contribution in [0.15, 0.2) is 27.6 Å². The molecule has 3 heterocycles. The quantitative estimate of drug-likeness (QED) is 0.481. The lowest BCUT2D eigenvalue weighted by Crippen LogP contribution is -2.56. The van der Waals surface area contributed by atoms with E-state index in [0.29, 0.717) is 32.4 Å². The number of halogens is 1. The van der Waals surface area contributed by atoms with Crippen molar-refractivity contribution in [1.82, 2.24) is 14.8 Å². The molecule has 3 aliphatic rings. The van der Waals surface area contributed by atoms with Crippen LogP contribution in [-0.2, 0) is 10.5 Å². The molecule has 9 nitrogen and oxygen atoms in total. The zero-order chi connectivity index (χ0) is 20.8. The van der Waals surface area contributed by atoms with E-state index in [1.54, 1.807) is 6.20 Å². The Bertz CT molecular complexity index is 990. The first-order valence-electron chi connectivity index (χ1n) is 9.60. The van der Waals surface area contributed by atoms with Gasteiger partial charge in [0.2, 0.25) is 5.91 Å². The van der Waals surface area contributed by atoms with Crippen LogP contribution >= 0.6 is 11.6 Å². The third-order valence-electron chi connectivity index (χ3n) is 6.09. The van der Waals surface area contributed by atoms with Crippen LogP contribution in [-0.4, -0.2) is 40.7 Å². The number of anilines is 1. The minimum atomic E-state index is -0.893. The molecule has 1 atom stereocenters. The molecule has 1 unspecified atom stereocenters. The number of allylic oxidation sites excluding steroid dienone is 1. The van der Waals surface area contributed by atoms with Crippen LogP contribution < -0.4 is 22.3 Å². The second-order valence-corrected chi connectivity index (χ2v) is 8.18. The maximum Gasteiger partial charge on any atom is 0.276 e. The third-order valence-corrected chi connectivity index (χ3v) is 6.38. The normalized spacial score (nSPS) is 24.4. The molecular formula is C19H23ClN6O3. The second kappa shape index (κ2) is 7.22. The van der Waals surface area contributed by atoms with Gasteiger partial charge in [-0.15, -0.1) is 0 Å². The highest BCUT2D eigenvalue weighted by Crippen LogP contribution is 2.37. The number of fused-ring (bicyclic) bond motifs is 2. The summed E-state index contributed by atoms with van der Waals surface area (Å²) in [5.74, 6) is -0.359. The molecular weight excluding hydrogens is 396 g/mol. The number of piperidine rings is 1. The molecule has 2 amide bonds. The van der Waals surface area contributed by atoms with Crippen molar-refractivity contribution in [1.29, 1.82) is 0 Å². The smallest absolute Gasteiger partial charge is 0.276 e. The molecule has 2 fully saturated rings. The van der Waals surface area contributed by atoms with Gasteiger partial charge in [-0.3, -0.25) is 19.0 Å². The molecule has 0 aromatic carbocycles. The first kappa shape index (κ1) is 19.5. The minimum Gasteiger partial charge on any atom is -0.394 e. The van der Waals surface area contributed by atoms with E-state index < -0.39 is 17.1 Å². The lowest BCUT2D eigenvalue weighted by Gasteiger charge is -2.41. The predicted octanol–water partition coefficient (Wildman–Crippen LogP) is 0.773. The Morgan fingerprint density at radius 1 is 1.34 bits per heavy atom. The summed E-state index contributed by atoms with van der Waals surface area (Å²) in [7, 11) is 0. The molecule has 1 aliphatic carbocycles. The standard InChI is InChI=1S/C19H23ClN6O3/c20-13-8-14(22)18(29)26-15(13)16(27)24-19(26)3-5-25(6-4-19)17(28)12-2-1-11(7-12)9-23-10-21/h8-10,12H,1-7,22H2,(H2,21,23)(H,24,27)/b11-9+. The number of hydrogen-bond donors (Lipinski definition) is 3. The number of hydrogen-bond acceptors (Lipinski definition) is 5. The Kier molecular flexibility index (Phi) is 4.85. The number of pyridine rings is 1. The van der Waals surface area contributed by atoms with E-state index >= 15 is 0 Å². The first-order chi connectivity index (χ1) is 13.9. The van der Waals surface area contributed by atoms with Crippen molar-refractivity contribution in [3.05, 3.63) is 38.9 Å². The Balaban J connectivity index is 1.51. The topological polar surface area (TPSA) is 136 Å². The van der Waals surface area contributed by atoms with Crippen LogP contribution in [0.5, 0.6) is 0 Å². The average Bonchev–Trinajstić information content (AvgIpc) is 3.28. The number of aliphatic imine (C=N–C) groups is 1. The van der Waals surface area contributed by atoms with Crippen molar-refractivity contribution >= 4 is 35.4 Å². The molecule has 29 heavy (non-hydrogen) atoms. The zero-order valence-corrected chi connectivity index (χ0v) is 16.6. The van der Waals surface area contributed by atoms with Gasteiger partial charge in [0.15, 0.2) is 0 Å². The van der Waals surface area contributed by atoms with Crippen LogP contribution in [0.1, 0.15) is 42.6 Å². The number of carbonyl (C=O) groups is 2. The maximum atomic E-state index is 12.9. The molecule has 1 saturated heterocycles. The number of likely N-dealkylation sites (tertiary alicyclic amines) is 1. The number of aromatic nitrogens is 1. The van der Waals surface area contributed by atoms with E-state index in [9.17, 15) is 14.4 Å². The SMILES string of the molecule is NC=N/C=C1\CCC(C(=O)N2CCC3(CC2)NC(=O)c2c(Cl)cc(N)c(=O)n23)C1. The summed E-state index contributed by atoms with van der Waals surface area (Å²) in [6.07, 6.45) is 6.11. The van der Waals surface area contributed by atoms with E-state index in [1.165, 1.54) is 17.0 Å². The molecule has 154 valence electrons. The molecule has 4 rings (SSSR count). The Hall–Kier alpha value is -2.81. The number of nitrogens with one attached hydrogen (secondary N) is 1. The predicted molar refractivity (Wildman–Crippen MR) is 109 cm³/mol. The third kappa shape index (κ3) is 3.19. The first-order valence-corrected chi connectivity index (χ1v) is 9.98. The summed E-state index contributed by atoms with van der Waals surface area (Å²) in [6.45, 7) is 0.877. The van der Waals surface area contributed by atoms with Gasteiger partial charge in [-0.05, 0) is 25.3 Å². The van der Waals surface area contributed by atoms with E-state index in [4.69, 9.17) is 23.1 Å². The van der Waals surface area contributed by atoms with Gasteiger partial charge < -0.3 is 21.7 Å². The van der Waals surface area contributed by atoms with Crippen LogP contribution in [0.2, 0.25) is 5.02 Å². The van der Waals surface area contributed by atoms with Gasteiger partial charge in [0, 0.05) is 38.0 Å². The fourth-order valence-electron chi connectivity index (χ4n) is 4.61. The number of carbonyl (C=O) groups excluding carboxylic acids is 2. The van der Waals surface area contributed by atoms with Gasteiger partial charge in [-0.2, -0.15) is 0 Å². The summed E-state index contributed by atoms with van der Waals surface area (Å²) >= 11 is 6.17. The fourth-order valence-corrected chi connectivity index (χ4v) is 4.90. The van der Waals surface area contributed by atoms with Crippen LogP contribution in [0.4, 0.5) is 5.69 Å². The average molecular weight is 419 g/mol. The van der Waals surface area contributed by atoms with Gasteiger partial charge in [0.25, 0.3) is 11.5 Å². The van der Waals surface area contributed by atoms with Crippen molar-refractivity contribution < 1.29 is 9.59 Å². The Morgan fingerprint density at radius 2 is 2.07 bits per heavy atom. The van der Waals surface area contributed by atoms with Gasteiger partial charge >= 0.3 is 0 Å². The molecule has 1 aromatic heterocycles. The largest absolute Gasteiger partial charge is 0.394 e.